The summed E-state index contributed by atoms with van der Waals surface area (Å²) in [6.45, 7) is 2.89. The number of halogens is 1. The molecule has 2 heterocycles. The van der Waals surface area contributed by atoms with Gasteiger partial charge in [-0.3, -0.25) is 0 Å². The second-order valence-electron chi connectivity index (χ2n) is 3.49. The Labute approximate surface area is 81.1 Å². The Balaban J connectivity index is 2.19. The Bertz CT molecular complexity index is 257. The second kappa shape index (κ2) is 2.59. The van der Waals surface area contributed by atoms with Gasteiger partial charge in [-0.05, 0) is 0 Å². The average Bonchev–Trinajstić information content (AvgIpc) is 2.56. The van der Waals surface area contributed by atoms with Gasteiger partial charge >= 0.3 is 5.97 Å². The van der Waals surface area contributed by atoms with Crippen molar-refractivity contribution in [1.82, 2.24) is 0 Å². The van der Waals surface area contributed by atoms with Crippen molar-refractivity contribution in [3.8, 4) is 0 Å². The molecule has 2 fully saturated rings. The standard InChI is InChI=1S/C8H11ClO4/c1-5-3-12-4-7(5)8(9,13-7)6(10)11-2/h5H,3-4H2,1-2H3. The van der Waals surface area contributed by atoms with Crippen LogP contribution in [0.4, 0.5) is 0 Å². The molecule has 0 aromatic rings. The molecule has 74 valence electrons. The first kappa shape index (κ1) is 9.24. The number of hydrogen-bond donors (Lipinski definition) is 0. The van der Waals surface area contributed by atoms with Gasteiger partial charge in [0, 0.05) is 5.92 Å². The summed E-state index contributed by atoms with van der Waals surface area (Å²) in [5.74, 6) is -0.407. The van der Waals surface area contributed by atoms with Crippen molar-refractivity contribution >= 4 is 17.6 Å². The van der Waals surface area contributed by atoms with Gasteiger partial charge in [0.1, 0.15) is 0 Å². The minimum atomic E-state index is -1.31. The summed E-state index contributed by atoms with van der Waals surface area (Å²) in [7, 11) is 1.29. The van der Waals surface area contributed by atoms with E-state index >= 15 is 0 Å². The molecule has 0 saturated carbocycles. The fourth-order valence-corrected chi connectivity index (χ4v) is 2.23. The number of hydrogen-bond acceptors (Lipinski definition) is 4. The molecule has 2 aliphatic rings. The van der Waals surface area contributed by atoms with Gasteiger partial charge in [-0.15, -0.1) is 0 Å². The van der Waals surface area contributed by atoms with Crippen LogP contribution in [0.5, 0.6) is 0 Å². The van der Waals surface area contributed by atoms with Crippen LogP contribution in [0.25, 0.3) is 0 Å². The van der Waals surface area contributed by atoms with Crippen molar-refractivity contribution < 1.29 is 19.0 Å². The van der Waals surface area contributed by atoms with Gasteiger partial charge < -0.3 is 14.2 Å². The van der Waals surface area contributed by atoms with Crippen LogP contribution in [-0.4, -0.2) is 37.0 Å². The number of methoxy groups -OCH3 is 1. The van der Waals surface area contributed by atoms with Crippen molar-refractivity contribution in [2.75, 3.05) is 20.3 Å². The first-order valence-corrected chi connectivity index (χ1v) is 4.50. The normalized spacial score (nSPS) is 48.1. The number of esters is 1. The monoisotopic (exact) mass is 206 g/mol. The van der Waals surface area contributed by atoms with E-state index in [0.29, 0.717) is 13.2 Å². The highest BCUT2D eigenvalue weighted by atomic mass is 35.5. The van der Waals surface area contributed by atoms with E-state index in [-0.39, 0.29) is 5.92 Å². The van der Waals surface area contributed by atoms with Crippen LogP contribution >= 0.6 is 11.6 Å². The quantitative estimate of drug-likeness (QED) is 0.357. The highest BCUT2D eigenvalue weighted by Crippen LogP contribution is 2.58. The predicted molar refractivity (Wildman–Crippen MR) is 44.4 cm³/mol. The minimum absolute atomic E-state index is 0.129. The van der Waals surface area contributed by atoms with E-state index in [2.05, 4.69) is 4.74 Å². The van der Waals surface area contributed by atoms with Crippen molar-refractivity contribution in [2.45, 2.75) is 17.6 Å². The fraction of sp³-hybridized carbons (Fsp3) is 0.875. The number of rotatable bonds is 1. The van der Waals surface area contributed by atoms with E-state index in [9.17, 15) is 4.79 Å². The molecule has 0 radical (unpaired) electrons. The molecular formula is C8H11ClO4. The van der Waals surface area contributed by atoms with Crippen LogP contribution < -0.4 is 0 Å². The van der Waals surface area contributed by atoms with Gasteiger partial charge in [0.05, 0.1) is 20.3 Å². The number of alkyl halides is 1. The molecule has 0 N–H and O–H groups in total. The highest BCUT2D eigenvalue weighted by molar-refractivity contribution is 6.36. The summed E-state index contributed by atoms with van der Waals surface area (Å²) in [5, 5.41) is -1.31. The van der Waals surface area contributed by atoms with Gasteiger partial charge in [0.15, 0.2) is 5.60 Å². The minimum Gasteiger partial charge on any atom is -0.466 e. The maximum absolute atomic E-state index is 11.3. The molecule has 3 unspecified atom stereocenters. The molecule has 0 aromatic heterocycles. The third-order valence-corrected chi connectivity index (χ3v) is 3.31. The summed E-state index contributed by atoms with van der Waals surface area (Å²) < 4.78 is 15.1. The highest BCUT2D eigenvalue weighted by Gasteiger charge is 2.79. The molecule has 2 saturated heterocycles. The van der Waals surface area contributed by atoms with E-state index in [1.807, 2.05) is 6.92 Å². The molecule has 13 heavy (non-hydrogen) atoms. The molecular weight excluding hydrogens is 196 g/mol. The second-order valence-corrected chi connectivity index (χ2v) is 4.03. The Morgan fingerprint density at radius 1 is 1.69 bits per heavy atom. The van der Waals surface area contributed by atoms with Crippen LogP contribution in [0.3, 0.4) is 0 Å². The maximum atomic E-state index is 11.3. The van der Waals surface area contributed by atoms with E-state index < -0.39 is 16.6 Å². The molecule has 0 aliphatic carbocycles. The van der Waals surface area contributed by atoms with Gasteiger partial charge in [0.25, 0.3) is 5.06 Å². The lowest BCUT2D eigenvalue weighted by Gasteiger charge is -2.09. The van der Waals surface area contributed by atoms with Crippen LogP contribution in [0.15, 0.2) is 0 Å². The number of ether oxygens (including phenoxy) is 3. The lowest BCUT2D eigenvalue weighted by molar-refractivity contribution is -0.143. The first-order valence-electron chi connectivity index (χ1n) is 4.12. The Hall–Kier alpha value is -0.320. The van der Waals surface area contributed by atoms with Crippen LogP contribution in [0.2, 0.25) is 0 Å². The van der Waals surface area contributed by atoms with Crippen molar-refractivity contribution in [1.29, 1.82) is 0 Å². The Morgan fingerprint density at radius 3 is 2.85 bits per heavy atom. The van der Waals surface area contributed by atoms with Gasteiger partial charge in [-0.1, -0.05) is 18.5 Å². The summed E-state index contributed by atoms with van der Waals surface area (Å²) in [4.78, 5) is 11.3. The van der Waals surface area contributed by atoms with Crippen molar-refractivity contribution in [3.63, 3.8) is 0 Å². The maximum Gasteiger partial charge on any atom is 0.357 e. The molecule has 1 spiro atoms. The fourth-order valence-electron chi connectivity index (χ4n) is 1.78. The van der Waals surface area contributed by atoms with Gasteiger partial charge in [-0.2, -0.15) is 0 Å². The zero-order chi connectivity index (χ0) is 9.69. The first-order chi connectivity index (χ1) is 6.07. The lowest BCUT2D eigenvalue weighted by atomic mass is 9.94. The topological polar surface area (TPSA) is 48.1 Å². The average molecular weight is 207 g/mol. The summed E-state index contributed by atoms with van der Waals surface area (Å²) in [6.07, 6.45) is 0. The third kappa shape index (κ3) is 0.965. The largest absolute Gasteiger partial charge is 0.466 e. The molecule has 5 heteroatoms. The SMILES string of the molecule is COC(=O)C1(Cl)OC12COCC2C. The lowest BCUT2D eigenvalue weighted by Crippen LogP contribution is -2.34. The van der Waals surface area contributed by atoms with Gasteiger partial charge in [0.2, 0.25) is 0 Å². The molecule has 2 rings (SSSR count). The molecule has 2 aliphatic heterocycles. The zero-order valence-electron chi connectivity index (χ0n) is 7.50. The Kier molecular flexibility index (Phi) is 1.84. The Morgan fingerprint density at radius 2 is 2.38 bits per heavy atom. The van der Waals surface area contributed by atoms with E-state index in [4.69, 9.17) is 21.1 Å². The van der Waals surface area contributed by atoms with Crippen LogP contribution in [-0.2, 0) is 19.0 Å². The summed E-state index contributed by atoms with van der Waals surface area (Å²) in [6, 6.07) is 0. The predicted octanol–water partition coefficient (Wildman–Crippen LogP) is 0.530. The number of epoxide rings is 1. The zero-order valence-corrected chi connectivity index (χ0v) is 8.26. The van der Waals surface area contributed by atoms with E-state index in [1.54, 1.807) is 0 Å². The van der Waals surface area contributed by atoms with Crippen molar-refractivity contribution in [2.24, 2.45) is 5.92 Å². The summed E-state index contributed by atoms with van der Waals surface area (Å²) in [5.41, 5.74) is -0.651. The molecule has 0 amide bonds. The van der Waals surface area contributed by atoms with Gasteiger partial charge in [-0.25, -0.2) is 4.79 Å². The smallest absolute Gasteiger partial charge is 0.357 e. The van der Waals surface area contributed by atoms with E-state index in [0.717, 1.165) is 0 Å². The third-order valence-electron chi connectivity index (χ3n) is 2.75. The molecule has 0 aromatic carbocycles. The van der Waals surface area contributed by atoms with Crippen LogP contribution in [0.1, 0.15) is 6.92 Å². The van der Waals surface area contributed by atoms with E-state index in [1.165, 1.54) is 7.11 Å². The number of carbonyl (C=O) groups excluding carboxylic acids is 1. The molecule has 4 nitrogen and oxygen atoms in total. The molecule has 0 bridgehead atoms. The van der Waals surface area contributed by atoms with Crippen LogP contribution in [0, 0.1) is 5.92 Å². The number of carbonyl (C=O) groups is 1. The summed E-state index contributed by atoms with van der Waals surface area (Å²) >= 11 is 5.98. The van der Waals surface area contributed by atoms with Crippen molar-refractivity contribution in [3.05, 3.63) is 0 Å². The molecule has 3 atom stereocenters.